The standard InChI is InChI=1S/C11H15N5O3S/c1-20-11-7(9(13)19)6-8(12)14-4-15-10(6)16(11)2-5(18)3-17/h4-5,17-18H,2-3H2,1H3,(H2,13,19)(H2,12,14,15). The zero-order valence-electron chi connectivity index (χ0n) is 10.8. The minimum Gasteiger partial charge on any atom is -0.394 e. The number of fused-ring (bicyclic) bond motifs is 1. The summed E-state index contributed by atoms with van der Waals surface area (Å²) in [6, 6.07) is 0. The number of anilines is 1. The van der Waals surface area contributed by atoms with Crippen LogP contribution in [0.4, 0.5) is 5.82 Å². The van der Waals surface area contributed by atoms with Crippen LogP contribution in [-0.2, 0) is 6.54 Å². The van der Waals surface area contributed by atoms with Crippen molar-refractivity contribution in [1.82, 2.24) is 14.5 Å². The van der Waals surface area contributed by atoms with Crippen molar-refractivity contribution in [2.24, 2.45) is 5.73 Å². The monoisotopic (exact) mass is 297 g/mol. The number of aliphatic hydroxyl groups excluding tert-OH is 2. The highest BCUT2D eigenvalue weighted by molar-refractivity contribution is 7.98. The number of amides is 1. The van der Waals surface area contributed by atoms with E-state index in [1.807, 2.05) is 0 Å². The number of rotatable bonds is 5. The fourth-order valence-corrected chi connectivity index (χ4v) is 2.84. The van der Waals surface area contributed by atoms with Crippen LogP contribution in [0.25, 0.3) is 11.0 Å². The van der Waals surface area contributed by atoms with Gasteiger partial charge in [0.2, 0.25) is 0 Å². The van der Waals surface area contributed by atoms with E-state index in [1.54, 1.807) is 10.8 Å². The maximum Gasteiger partial charge on any atom is 0.252 e. The van der Waals surface area contributed by atoms with Crippen molar-refractivity contribution < 1.29 is 15.0 Å². The Bertz CT molecular complexity index is 657. The molecule has 2 rings (SSSR count). The summed E-state index contributed by atoms with van der Waals surface area (Å²) >= 11 is 1.28. The SMILES string of the molecule is CSc1c(C(N)=O)c2c(N)ncnc2n1CC(O)CO. The summed E-state index contributed by atoms with van der Waals surface area (Å²) in [5.74, 6) is -0.491. The number of hydrogen-bond donors (Lipinski definition) is 4. The maximum atomic E-state index is 11.7. The van der Waals surface area contributed by atoms with E-state index in [2.05, 4.69) is 9.97 Å². The number of carbonyl (C=O) groups excluding carboxylic acids is 1. The van der Waals surface area contributed by atoms with Gasteiger partial charge in [-0.2, -0.15) is 0 Å². The molecular formula is C11H15N5O3S. The largest absolute Gasteiger partial charge is 0.394 e. The van der Waals surface area contributed by atoms with Crippen molar-refractivity contribution in [1.29, 1.82) is 0 Å². The molecule has 0 radical (unpaired) electrons. The molecule has 0 aliphatic heterocycles. The molecule has 0 spiro atoms. The van der Waals surface area contributed by atoms with Gasteiger partial charge in [0.1, 0.15) is 17.8 Å². The molecule has 0 aliphatic rings. The summed E-state index contributed by atoms with van der Waals surface area (Å²) in [6.07, 6.45) is 2.06. The zero-order chi connectivity index (χ0) is 14.9. The van der Waals surface area contributed by atoms with Crippen LogP contribution in [-0.4, -0.2) is 49.6 Å². The van der Waals surface area contributed by atoms with Crippen molar-refractivity contribution in [2.45, 2.75) is 17.7 Å². The predicted molar refractivity (Wildman–Crippen MR) is 75.3 cm³/mol. The number of aliphatic hydroxyl groups is 2. The first-order chi connectivity index (χ1) is 9.51. The van der Waals surface area contributed by atoms with Gasteiger partial charge in [0.15, 0.2) is 0 Å². The number of nitrogen functional groups attached to an aromatic ring is 1. The van der Waals surface area contributed by atoms with E-state index in [0.717, 1.165) is 0 Å². The Kier molecular flexibility index (Phi) is 4.12. The molecule has 2 aromatic rings. The number of carbonyl (C=O) groups is 1. The lowest BCUT2D eigenvalue weighted by atomic mass is 10.2. The maximum absolute atomic E-state index is 11.7. The lowest BCUT2D eigenvalue weighted by Crippen LogP contribution is -2.21. The Hall–Kier alpha value is -1.84. The first kappa shape index (κ1) is 14.6. The van der Waals surface area contributed by atoms with Crippen LogP contribution in [0, 0.1) is 0 Å². The highest BCUT2D eigenvalue weighted by atomic mass is 32.2. The summed E-state index contributed by atoms with van der Waals surface area (Å²) in [4.78, 5) is 19.6. The molecule has 20 heavy (non-hydrogen) atoms. The van der Waals surface area contributed by atoms with Crippen molar-refractivity contribution in [2.75, 3.05) is 18.6 Å². The highest BCUT2D eigenvalue weighted by Crippen LogP contribution is 2.33. The van der Waals surface area contributed by atoms with E-state index in [-0.39, 0.29) is 17.9 Å². The molecule has 0 fully saturated rings. The van der Waals surface area contributed by atoms with E-state index in [1.165, 1.54) is 18.1 Å². The van der Waals surface area contributed by atoms with Gasteiger partial charge in [0.05, 0.1) is 35.2 Å². The van der Waals surface area contributed by atoms with E-state index in [4.69, 9.17) is 16.6 Å². The molecular weight excluding hydrogens is 282 g/mol. The number of hydrogen-bond acceptors (Lipinski definition) is 7. The Balaban J connectivity index is 2.78. The van der Waals surface area contributed by atoms with E-state index >= 15 is 0 Å². The summed E-state index contributed by atoms with van der Waals surface area (Å²) in [6.45, 7) is -0.327. The van der Waals surface area contributed by atoms with Gasteiger partial charge in [-0.05, 0) is 6.26 Å². The van der Waals surface area contributed by atoms with Crippen LogP contribution in [0.2, 0.25) is 0 Å². The van der Waals surface area contributed by atoms with Crippen LogP contribution in [0.1, 0.15) is 10.4 Å². The summed E-state index contributed by atoms with van der Waals surface area (Å²) < 4.78 is 1.61. The average Bonchev–Trinajstić information content (AvgIpc) is 2.74. The van der Waals surface area contributed by atoms with Gasteiger partial charge in [0.25, 0.3) is 5.91 Å². The average molecular weight is 297 g/mol. The molecule has 0 aliphatic carbocycles. The van der Waals surface area contributed by atoms with E-state index < -0.39 is 18.6 Å². The number of nitrogens with zero attached hydrogens (tertiary/aromatic N) is 3. The molecule has 1 unspecified atom stereocenters. The zero-order valence-corrected chi connectivity index (χ0v) is 11.6. The van der Waals surface area contributed by atoms with Crippen molar-refractivity contribution in [3.8, 4) is 0 Å². The van der Waals surface area contributed by atoms with Crippen LogP contribution < -0.4 is 11.5 Å². The van der Waals surface area contributed by atoms with E-state index in [9.17, 15) is 9.90 Å². The number of thioether (sulfide) groups is 1. The first-order valence-electron chi connectivity index (χ1n) is 5.76. The molecule has 0 saturated heterocycles. The van der Waals surface area contributed by atoms with Crippen LogP contribution in [0.15, 0.2) is 11.4 Å². The van der Waals surface area contributed by atoms with Gasteiger partial charge in [-0.3, -0.25) is 4.79 Å². The Morgan fingerprint density at radius 2 is 2.25 bits per heavy atom. The second-order valence-electron chi connectivity index (χ2n) is 4.15. The fourth-order valence-electron chi connectivity index (χ4n) is 2.05. The third kappa shape index (κ3) is 2.30. The quantitative estimate of drug-likeness (QED) is 0.529. The molecule has 1 atom stereocenters. The summed E-state index contributed by atoms with van der Waals surface area (Å²) in [7, 11) is 0. The highest BCUT2D eigenvalue weighted by Gasteiger charge is 2.24. The first-order valence-corrected chi connectivity index (χ1v) is 6.99. The predicted octanol–water partition coefficient (Wildman–Crippen LogP) is -0.812. The Morgan fingerprint density at radius 1 is 1.55 bits per heavy atom. The van der Waals surface area contributed by atoms with Gasteiger partial charge in [-0.15, -0.1) is 11.8 Å². The fraction of sp³-hybridized carbons (Fsp3) is 0.364. The Morgan fingerprint density at radius 3 is 2.80 bits per heavy atom. The lowest BCUT2D eigenvalue weighted by Gasteiger charge is -2.12. The van der Waals surface area contributed by atoms with Crippen molar-refractivity contribution in [3.63, 3.8) is 0 Å². The third-order valence-electron chi connectivity index (χ3n) is 2.87. The van der Waals surface area contributed by atoms with Crippen LogP contribution in [0.5, 0.6) is 0 Å². The molecule has 1 amide bonds. The second-order valence-corrected chi connectivity index (χ2v) is 4.95. The molecule has 2 aromatic heterocycles. The molecule has 2 heterocycles. The Labute approximate surface area is 118 Å². The topological polar surface area (TPSA) is 140 Å². The van der Waals surface area contributed by atoms with Gasteiger partial charge < -0.3 is 26.2 Å². The minimum atomic E-state index is -0.978. The van der Waals surface area contributed by atoms with Crippen LogP contribution >= 0.6 is 11.8 Å². The van der Waals surface area contributed by atoms with Gasteiger partial charge >= 0.3 is 0 Å². The molecule has 8 nitrogen and oxygen atoms in total. The third-order valence-corrected chi connectivity index (χ3v) is 3.68. The number of aromatic nitrogens is 3. The molecule has 108 valence electrons. The molecule has 9 heteroatoms. The minimum absolute atomic E-state index is 0.0763. The van der Waals surface area contributed by atoms with Gasteiger partial charge in [0, 0.05) is 0 Å². The molecule has 6 N–H and O–H groups in total. The molecule has 0 aromatic carbocycles. The van der Waals surface area contributed by atoms with E-state index in [0.29, 0.717) is 16.1 Å². The van der Waals surface area contributed by atoms with Crippen molar-refractivity contribution in [3.05, 3.63) is 11.9 Å². The number of nitrogens with two attached hydrogens (primary N) is 2. The van der Waals surface area contributed by atoms with Gasteiger partial charge in [-0.1, -0.05) is 0 Å². The lowest BCUT2D eigenvalue weighted by molar-refractivity contribution is 0.0801. The number of primary amides is 1. The molecule has 0 bridgehead atoms. The summed E-state index contributed by atoms with van der Waals surface area (Å²) in [5.41, 5.74) is 11.9. The van der Waals surface area contributed by atoms with Crippen LogP contribution in [0.3, 0.4) is 0 Å². The normalized spacial score (nSPS) is 12.8. The second kappa shape index (κ2) is 5.65. The molecule has 0 saturated carbocycles. The van der Waals surface area contributed by atoms with Gasteiger partial charge in [-0.25, -0.2) is 9.97 Å². The summed E-state index contributed by atoms with van der Waals surface area (Å²) in [5, 5.41) is 19.5. The smallest absolute Gasteiger partial charge is 0.252 e. The van der Waals surface area contributed by atoms with Crippen molar-refractivity contribution >= 4 is 34.5 Å².